The standard InChI is InChI=1S/C13H10ClNO4S/c1-7-4-8(2-3-9(7)14)19-5-11(16)12-15-10(6-20-12)13(17)18/h2-4,6H,5H2,1H3,(H,17,18). The van der Waals surface area contributed by atoms with E-state index in [0.717, 1.165) is 16.9 Å². The summed E-state index contributed by atoms with van der Waals surface area (Å²) in [4.78, 5) is 26.2. The molecule has 0 radical (unpaired) electrons. The predicted octanol–water partition coefficient (Wildman–Crippen LogP) is 3.06. The van der Waals surface area contributed by atoms with Gasteiger partial charge in [-0.1, -0.05) is 11.6 Å². The van der Waals surface area contributed by atoms with Crippen molar-refractivity contribution in [1.29, 1.82) is 0 Å². The first-order valence-corrected chi connectivity index (χ1v) is 6.84. The molecule has 0 atom stereocenters. The van der Waals surface area contributed by atoms with Crippen molar-refractivity contribution in [2.24, 2.45) is 0 Å². The number of Topliss-reactive ketones (excluding diaryl/α,β-unsaturated/α-hetero) is 1. The summed E-state index contributed by atoms with van der Waals surface area (Å²) in [6.07, 6.45) is 0. The van der Waals surface area contributed by atoms with Crippen LogP contribution in [0.1, 0.15) is 25.9 Å². The molecule has 0 unspecified atom stereocenters. The number of aryl methyl sites for hydroxylation is 1. The Morgan fingerprint density at radius 3 is 2.80 bits per heavy atom. The molecule has 104 valence electrons. The topological polar surface area (TPSA) is 76.5 Å². The Morgan fingerprint density at radius 1 is 1.45 bits per heavy atom. The lowest BCUT2D eigenvalue weighted by molar-refractivity contribution is 0.0691. The third-order valence-corrected chi connectivity index (χ3v) is 3.77. The van der Waals surface area contributed by atoms with Crippen molar-refractivity contribution in [3.8, 4) is 5.75 Å². The number of nitrogens with zero attached hydrogens (tertiary/aromatic N) is 1. The van der Waals surface area contributed by atoms with Gasteiger partial charge in [0.2, 0.25) is 5.78 Å². The molecule has 1 N–H and O–H groups in total. The number of aromatic carboxylic acids is 1. The number of halogens is 1. The minimum atomic E-state index is -1.16. The SMILES string of the molecule is Cc1cc(OCC(=O)c2nc(C(=O)O)cs2)ccc1Cl. The van der Waals surface area contributed by atoms with Crippen LogP contribution >= 0.6 is 22.9 Å². The number of carboxylic acids is 1. The quantitative estimate of drug-likeness (QED) is 0.859. The third kappa shape index (κ3) is 3.34. The van der Waals surface area contributed by atoms with Crippen LogP contribution in [0.5, 0.6) is 5.75 Å². The van der Waals surface area contributed by atoms with Crippen molar-refractivity contribution in [3.05, 3.63) is 44.9 Å². The first-order chi connectivity index (χ1) is 9.47. The Labute approximate surface area is 123 Å². The minimum absolute atomic E-state index is 0.119. The van der Waals surface area contributed by atoms with Gasteiger partial charge in [-0.05, 0) is 30.7 Å². The van der Waals surface area contributed by atoms with E-state index in [2.05, 4.69) is 4.98 Å². The molecular formula is C13H10ClNO4S. The highest BCUT2D eigenvalue weighted by atomic mass is 35.5. The molecule has 0 fully saturated rings. The van der Waals surface area contributed by atoms with Gasteiger partial charge in [0.05, 0.1) is 0 Å². The molecule has 20 heavy (non-hydrogen) atoms. The number of aromatic nitrogens is 1. The molecule has 0 aliphatic rings. The van der Waals surface area contributed by atoms with Gasteiger partial charge in [0, 0.05) is 10.4 Å². The van der Waals surface area contributed by atoms with E-state index in [4.69, 9.17) is 21.4 Å². The van der Waals surface area contributed by atoms with Gasteiger partial charge in [-0.25, -0.2) is 9.78 Å². The maximum atomic E-state index is 11.8. The zero-order valence-electron chi connectivity index (χ0n) is 10.4. The van der Waals surface area contributed by atoms with Crippen molar-refractivity contribution in [2.45, 2.75) is 6.92 Å². The Balaban J connectivity index is 2.00. The van der Waals surface area contributed by atoms with Gasteiger partial charge in [0.25, 0.3) is 0 Å². The molecule has 0 bridgehead atoms. The molecule has 1 aromatic carbocycles. The average Bonchev–Trinajstić information content (AvgIpc) is 2.89. The van der Waals surface area contributed by atoms with E-state index in [1.165, 1.54) is 5.38 Å². The second-order valence-corrected chi connectivity index (χ2v) is 5.23. The number of ketones is 1. The second-order valence-electron chi connectivity index (χ2n) is 3.97. The van der Waals surface area contributed by atoms with E-state index in [0.29, 0.717) is 10.8 Å². The molecule has 0 saturated carbocycles. The van der Waals surface area contributed by atoms with Gasteiger partial charge in [0.1, 0.15) is 5.75 Å². The van der Waals surface area contributed by atoms with Crippen molar-refractivity contribution in [2.75, 3.05) is 6.61 Å². The molecule has 5 nitrogen and oxygen atoms in total. The van der Waals surface area contributed by atoms with Crippen LogP contribution in [0.4, 0.5) is 0 Å². The number of carboxylic acid groups (broad SMARTS) is 1. The number of carbonyl (C=O) groups excluding carboxylic acids is 1. The number of hydrogen-bond acceptors (Lipinski definition) is 5. The molecule has 0 spiro atoms. The molecule has 1 heterocycles. The summed E-state index contributed by atoms with van der Waals surface area (Å²) < 4.78 is 5.34. The van der Waals surface area contributed by atoms with Crippen molar-refractivity contribution in [1.82, 2.24) is 4.98 Å². The average molecular weight is 312 g/mol. The molecule has 0 saturated heterocycles. The van der Waals surface area contributed by atoms with E-state index in [-0.39, 0.29) is 23.1 Å². The summed E-state index contributed by atoms with van der Waals surface area (Å²) in [7, 11) is 0. The van der Waals surface area contributed by atoms with E-state index in [9.17, 15) is 9.59 Å². The highest BCUT2D eigenvalue weighted by molar-refractivity contribution is 7.12. The lowest BCUT2D eigenvalue weighted by atomic mass is 10.2. The van der Waals surface area contributed by atoms with Crippen LogP contribution in [0.25, 0.3) is 0 Å². The van der Waals surface area contributed by atoms with Crippen LogP contribution in [0.15, 0.2) is 23.6 Å². The van der Waals surface area contributed by atoms with Gasteiger partial charge in [-0.2, -0.15) is 0 Å². The first kappa shape index (κ1) is 14.5. The molecule has 1 aromatic heterocycles. The predicted molar refractivity (Wildman–Crippen MR) is 75.1 cm³/mol. The Hall–Kier alpha value is -1.92. The summed E-state index contributed by atoms with van der Waals surface area (Å²) in [5, 5.41) is 10.8. The van der Waals surface area contributed by atoms with Crippen LogP contribution in [0, 0.1) is 6.92 Å². The lowest BCUT2D eigenvalue weighted by Crippen LogP contribution is -2.12. The van der Waals surface area contributed by atoms with Crippen molar-refractivity contribution in [3.63, 3.8) is 0 Å². The van der Waals surface area contributed by atoms with Gasteiger partial charge in [-0.15, -0.1) is 11.3 Å². The zero-order valence-corrected chi connectivity index (χ0v) is 12.0. The van der Waals surface area contributed by atoms with E-state index < -0.39 is 5.97 Å². The van der Waals surface area contributed by atoms with Crippen LogP contribution in [0.2, 0.25) is 5.02 Å². The smallest absolute Gasteiger partial charge is 0.355 e. The van der Waals surface area contributed by atoms with Crippen molar-refractivity contribution < 1.29 is 19.4 Å². The lowest BCUT2D eigenvalue weighted by Gasteiger charge is -2.05. The van der Waals surface area contributed by atoms with E-state index in [1.807, 2.05) is 6.92 Å². The number of ether oxygens (including phenoxy) is 1. The summed E-state index contributed by atoms with van der Waals surface area (Å²) >= 11 is 6.87. The van der Waals surface area contributed by atoms with Gasteiger partial charge < -0.3 is 9.84 Å². The molecule has 2 aromatic rings. The zero-order chi connectivity index (χ0) is 14.7. The van der Waals surface area contributed by atoms with Gasteiger partial charge in [-0.3, -0.25) is 4.79 Å². The normalized spacial score (nSPS) is 10.3. The summed E-state index contributed by atoms with van der Waals surface area (Å²) in [5.41, 5.74) is 0.708. The fraction of sp³-hybridized carbons (Fsp3) is 0.154. The number of benzene rings is 1. The van der Waals surface area contributed by atoms with Crippen LogP contribution < -0.4 is 4.74 Å². The summed E-state index contributed by atoms with van der Waals surface area (Å²) in [5.74, 6) is -1.00. The highest BCUT2D eigenvalue weighted by Gasteiger charge is 2.15. The van der Waals surface area contributed by atoms with E-state index >= 15 is 0 Å². The highest BCUT2D eigenvalue weighted by Crippen LogP contribution is 2.21. The Bertz CT molecular complexity index is 668. The second kappa shape index (κ2) is 6.02. The van der Waals surface area contributed by atoms with Gasteiger partial charge in [0.15, 0.2) is 17.3 Å². The van der Waals surface area contributed by atoms with Crippen molar-refractivity contribution >= 4 is 34.7 Å². The molecule has 2 rings (SSSR count). The monoisotopic (exact) mass is 311 g/mol. The summed E-state index contributed by atoms with van der Waals surface area (Å²) in [6.45, 7) is 1.63. The summed E-state index contributed by atoms with van der Waals surface area (Å²) in [6, 6.07) is 5.07. The molecule has 0 amide bonds. The Kier molecular flexibility index (Phi) is 4.36. The largest absolute Gasteiger partial charge is 0.485 e. The number of rotatable bonds is 5. The number of carbonyl (C=O) groups is 2. The fourth-order valence-corrected chi connectivity index (χ4v) is 2.25. The molecule has 7 heteroatoms. The van der Waals surface area contributed by atoms with E-state index in [1.54, 1.807) is 18.2 Å². The van der Waals surface area contributed by atoms with Crippen LogP contribution in [-0.2, 0) is 0 Å². The minimum Gasteiger partial charge on any atom is -0.485 e. The number of thiazole rings is 1. The molecule has 0 aliphatic heterocycles. The molecule has 0 aliphatic carbocycles. The van der Waals surface area contributed by atoms with Crippen LogP contribution in [0.3, 0.4) is 0 Å². The third-order valence-electron chi connectivity index (χ3n) is 2.46. The maximum Gasteiger partial charge on any atom is 0.355 e. The van der Waals surface area contributed by atoms with Crippen LogP contribution in [-0.4, -0.2) is 28.4 Å². The fourth-order valence-electron chi connectivity index (χ4n) is 1.42. The molecular weight excluding hydrogens is 302 g/mol. The van der Waals surface area contributed by atoms with Gasteiger partial charge >= 0.3 is 5.97 Å². The first-order valence-electron chi connectivity index (χ1n) is 5.58. The number of hydrogen-bond donors (Lipinski definition) is 1. The Morgan fingerprint density at radius 2 is 2.20 bits per heavy atom. The maximum absolute atomic E-state index is 11.8.